The zero-order chi connectivity index (χ0) is 12.8. The van der Waals surface area contributed by atoms with Gasteiger partial charge in [-0.15, -0.1) is 0 Å². The monoisotopic (exact) mass is 247 g/mol. The van der Waals surface area contributed by atoms with E-state index in [9.17, 15) is 0 Å². The maximum atomic E-state index is 4.12. The van der Waals surface area contributed by atoms with Crippen LogP contribution in [0.2, 0.25) is 0 Å². The van der Waals surface area contributed by atoms with Crippen LogP contribution in [0.1, 0.15) is 36.8 Å². The molecule has 1 aliphatic heterocycles. The molecule has 0 saturated carbocycles. The van der Waals surface area contributed by atoms with Crippen molar-refractivity contribution in [3.05, 3.63) is 29.6 Å². The first kappa shape index (κ1) is 13.5. The predicted molar refractivity (Wildman–Crippen MR) is 75.6 cm³/mol. The van der Waals surface area contributed by atoms with E-state index in [0.29, 0.717) is 0 Å². The number of likely N-dealkylation sites (tertiary alicyclic amines) is 1. The van der Waals surface area contributed by atoms with E-state index >= 15 is 0 Å². The quantitative estimate of drug-likeness (QED) is 0.810. The molecule has 0 amide bonds. The van der Waals surface area contributed by atoms with Gasteiger partial charge in [-0.1, -0.05) is 6.42 Å². The Morgan fingerprint density at radius 1 is 1.44 bits per heavy atom. The van der Waals surface area contributed by atoms with E-state index in [1.807, 2.05) is 12.4 Å². The van der Waals surface area contributed by atoms with Crippen molar-refractivity contribution in [3.63, 3.8) is 0 Å². The summed E-state index contributed by atoms with van der Waals surface area (Å²) in [5.74, 6) is 0. The fourth-order valence-corrected chi connectivity index (χ4v) is 2.70. The van der Waals surface area contributed by atoms with Gasteiger partial charge in [0, 0.05) is 25.0 Å². The molecule has 1 atom stereocenters. The number of aryl methyl sites for hydroxylation is 1. The molecule has 1 N–H and O–H groups in total. The summed E-state index contributed by atoms with van der Waals surface area (Å²) in [6.07, 6.45) is 9.22. The normalized spacial score (nSPS) is 21.1. The average Bonchev–Trinajstić information content (AvgIpc) is 2.38. The van der Waals surface area contributed by atoms with E-state index in [-0.39, 0.29) is 0 Å². The Morgan fingerprint density at radius 2 is 2.33 bits per heavy atom. The van der Waals surface area contributed by atoms with Crippen LogP contribution >= 0.6 is 0 Å². The Kier molecular flexibility index (Phi) is 5.14. The molecule has 3 nitrogen and oxygen atoms in total. The van der Waals surface area contributed by atoms with E-state index in [2.05, 4.69) is 35.2 Å². The SMILES string of the molecule is Cc1cnccc1CNCCC1CCCCN1C. The lowest BCUT2D eigenvalue weighted by Crippen LogP contribution is -2.38. The topological polar surface area (TPSA) is 28.2 Å². The Bertz CT molecular complexity index is 365. The highest BCUT2D eigenvalue weighted by molar-refractivity contribution is 5.21. The zero-order valence-electron chi connectivity index (χ0n) is 11.7. The van der Waals surface area contributed by atoms with Crippen molar-refractivity contribution < 1.29 is 0 Å². The van der Waals surface area contributed by atoms with Gasteiger partial charge < -0.3 is 10.2 Å². The highest BCUT2D eigenvalue weighted by Crippen LogP contribution is 2.17. The number of rotatable bonds is 5. The maximum absolute atomic E-state index is 4.12. The lowest BCUT2D eigenvalue weighted by Gasteiger charge is -2.32. The minimum atomic E-state index is 0.782. The molecule has 1 fully saturated rings. The van der Waals surface area contributed by atoms with Crippen LogP contribution in [0.15, 0.2) is 18.5 Å². The van der Waals surface area contributed by atoms with Crippen molar-refractivity contribution in [2.24, 2.45) is 0 Å². The van der Waals surface area contributed by atoms with Crippen LogP contribution < -0.4 is 5.32 Å². The van der Waals surface area contributed by atoms with Crippen LogP contribution in [0.3, 0.4) is 0 Å². The molecule has 2 heterocycles. The number of nitrogens with zero attached hydrogens (tertiary/aromatic N) is 2. The predicted octanol–water partition coefficient (Wildman–Crippen LogP) is 2.35. The second kappa shape index (κ2) is 6.86. The van der Waals surface area contributed by atoms with Gasteiger partial charge in [-0.2, -0.15) is 0 Å². The average molecular weight is 247 g/mol. The third-order valence-electron chi connectivity index (χ3n) is 4.03. The van der Waals surface area contributed by atoms with Gasteiger partial charge in [0.15, 0.2) is 0 Å². The summed E-state index contributed by atoms with van der Waals surface area (Å²) in [6, 6.07) is 2.89. The molecule has 0 aromatic carbocycles. The first-order valence-electron chi connectivity index (χ1n) is 7.08. The molecule has 0 bridgehead atoms. The lowest BCUT2D eigenvalue weighted by molar-refractivity contribution is 0.175. The van der Waals surface area contributed by atoms with Gasteiger partial charge in [0.2, 0.25) is 0 Å². The van der Waals surface area contributed by atoms with Crippen LogP contribution in [-0.2, 0) is 6.54 Å². The molecule has 1 saturated heterocycles. The fraction of sp³-hybridized carbons (Fsp3) is 0.667. The minimum Gasteiger partial charge on any atom is -0.313 e. The van der Waals surface area contributed by atoms with Crippen LogP contribution in [0.25, 0.3) is 0 Å². The van der Waals surface area contributed by atoms with E-state index < -0.39 is 0 Å². The van der Waals surface area contributed by atoms with Crippen LogP contribution in [0.5, 0.6) is 0 Å². The van der Waals surface area contributed by atoms with Gasteiger partial charge in [0.25, 0.3) is 0 Å². The maximum Gasteiger partial charge on any atom is 0.0300 e. The highest BCUT2D eigenvalue weighted by Gasteiger charge is 2.17. The smallest absolute Gasteiger partial charge is 0.0300 e. The summed E-state index contributed by atoms with van der Waals surface area (Å²) in [4.78, 5) is 6.64. The molecule has 0 spiro atoms. The summed E-state index contributed by atoms with van der Waals surface area (Å²) in [5, 5.41) is 3.56. The highest BCUT2D eigenvalue weighted by atomic mass is 15.1. The summed E-state index contributed by atoms with van der Waals surface area (Å²) >= 11 is 0. The molecule has 100 valence electrons. The lowest BCUT2D eigenvalue weighted by atomic mass is 10.0. The fourth-order valence-electron chi connectivity index (χ4n) is 2.70. The van der Waals surface area contributed by atoms with Gasteiger partial charge in [-0.05, 0) is 63.5 Å². The number of aromatic nitrogens is 1. The summed E-state index contributed by atoms with van der Waals surface area (Å²) < 4.78 is 0. The molecule has 2 rings (SSSR count). The molecular formula is C15H25N3. The molecule has 1 aliphatic rings. The number of hydrogen-bond acceptors (Lipinski definition) is 3. The number of pyridine rings is 1. The van der Waals surface area contributed by atoms with E-state index in [1.54, 1.807) is 0 Å². The molecule has 1 aromatic rings. The Morgan fingerprint density at radius 3 is 3.11 bits per heavy atom. The van der Waals surface area contributed by atoms with Crippen molar-refractivity contribution in [2.75, 3.05) is 20.1 Å². The van der Waals surface area contributed by atoms with E-state index in [1.165, 1.54) is 43.4 Å². The summed E-state index contributed by atoms with van der Waals surface area (Å²) in [7, 11) is 2.26. The summed E-state index contributed by atoms with van der Waals surface area (Å²) in [6.45, 7) is 5.47. The third-order valence-corrected chi connectivity index (χ3v) is 4.03. The van der Waals surface area contributed by atoms with Crippen LogP contribution in [0, 0.1) is 6.92 Å². The Balaban J connectivity index is 1.68. The minimum absolute atomic E-state index is 0.782. The molecule has 0 radical (unpaired) electrons. The van der Waals surface area contributed by atoms with Crippen LogP contribution in [0.4, 0.5) is 0 Å². The summed E-state index contributed by atoms with van der Waals surface area (Å²) in [5.41, 5.74) is 2.64. The van der Waals surface area contributed by atoms with E-state index in [4.69, 9.17) is 0 Å². The first-order valence-corrected chi connectivity index (χ1v) is 7.08. The third kappa shape index (κ3) is 3.79. The molecule has 1 unspecified atom stereocenters. The second-order valence-electron chi connectivity index (χ2n) is 5.40. The molecular weight excluding hydrogens is 222 g/mol. The largest absolute Gasteiger partial charge is 0.313 e. The van der Waals surface area contributed by atoms with Gasteiger partial charge in [-0.3, -0.25) is 4.98 Å². The zero-order valence-corrected chi connectivity index (χ0v) is 11.7. The van der Waals surface area contributed by atoms with Crippen molar-refractivity contribution in [2.45, 2.75) is 45.2 Å². The first-order chi connectivity index (χ1) is 8.77. The Hall–Kier alpha value is -0.930. The Labute approximate surface area is 111 Å². The molecule has 18 heavy (non-hydrogen) atoms. The second-order valence-corrected chi connectivity index (χ2v) is 5.40. The molecule has 0 aliphatic carbocycles. The van der Waals surface area contributed by atoms with Gasteiger partial charge in [0.1, 0.15) is 0 Å². The van der Waals surface area contributed by atoms with E-state index in [0.717, 1.165) is 19.1 Å². The standard InChI is InChI=1S/C15H25N3/c1-13-11-16-8-6-14(13)12-17-9-7-15-5-3-4-10-18(15)2/h6,8,11,15,17H,3-5,7,9-10,12H2,1-2H3. The molecule has 1 aromatic heterocycles. The molecule has 3 heteroatoms. The number of hydrogen-bond donors (Lipinski definition) is 1. The van der Waals surface area contributed by atoms with Crippen molar-refractivity contribution in [1.29, 1.82) is 0 Å². The van der Waals surface area contributed by atoms with Gasteiger partial charge in [-0.25, -0.2) is 0 Å². The van der Waals surface area contributed by atoms with Gasteiger partial charge in [0.05, 0.1) is 0 Å². The van der Waals surface area contributed by atoms with Gasteiger partial charge >= 0.3 is 0 Å². The van der Waals surface area contributed by atoms with Crippen molar-refractivity contribution in [1.82, 2.24) is 15.2 Å². The van der Waals surface area contributed by atoms with Crippen molar-refractivity contribution >= 4 is 0 Å². The number of nitrogens with one attached hydrogen (secondary N) is 1. The number of piperidine rings is 1. The van der Waals surface area contributed by atoms with Crippen LogP contribution in [-0.4, -0.2) is 36.1 Å². The van der Waals surface area contributed by atoms with Crippen molar-refractivity contribution in [3.8, 4) is 0 Å².